The molecule has 1 aromatic carbocycles. The van der Waals surface area contributed by atoms with E-state index < -0.39 is 0 Å². The van der Waals surface area contributed by atoms with Crippen molar-refractivity contribution in [2.45, 2.75) is 57.8 Å². The molecule has 1 spiro atoms. The molecule has 4 rings (SSSR count). The Morgan fingerprint density at radius 1 is 1.37 bits per heavy atom. The molecule has 1 fully saturated rings. The Morgan fingerprint density at radius 2 is 2.13 bits per heavy atom. The van der Waals surface area contributed by atoms with Crippen molar-refractivity contribution >= 4 is 17.2 Å². The van der Waals surface area contributed by atoms with Gasteiger partial charge in [-0.25, -0.2) is 9.37 Å². The lowest BCUT2D eigenvalue weighted by Gasteiger charge is -2.40. The number of amides is 1. The van der Waals surface area contributed by atoms with E-state index in [-0.39, 0.29) is 28.8 Å². The van der Waals surface area contributed by atoms with Gasteiger partial charge in [0.25, 0.3) is 0 Å². The number of nitrogens with zero attached hydrogens (tertiary/aromatic N) is 2. The molecule has 162 valence electrons. The van der Waals surface area contributed by atoms with Crippen molar-refractivity contribution in [3.05, 3.63) is 51.7 Å². The third-order valence-corrected chi connectivity index (χ3v) is 6.65. The van der Waals surface area contributed by atoms with Gasteiger partial charge in [0.05, 0.1) is 29.3 Å². The van der Waals surface area contributed by atoms with Crippen molar-refractivity contribution in [1.82, 2.24) is 15.2 Å². The molecule has 2 aliphatic heterocycles. The largest absolute Gasteiger partial charge is 0.365 e. The lowest BCUT2D eigenvalue weighted by atomic mass is 9.83. The van der Waals surface area contributed by atoms with Crippen LogP contribution in [0.2, 0.25) is 0 Å². The SMILES string of the molecule is CC(C)(C)NC(=O)C(Cc1cscn1)CN1CCC2(CC1)OCc1ccc(F)cc12. The topological polar surface area (TPSA) is 54.5 Å². The van der Waals surface area contributed by atoms with Gasteiger partial charge in [-0.3, -0.25) is 4.79 Å². The maximum atomic E-state index is 13.8. The summed E-state index contributed by atoms with van der Waals surface area (Å²) in [5.74, 6) is -0.293. The summed E-state index contributed by atoms with van der Waals surface area (Å²) in [7, 11) is 0. The van der Waals surface area contributed by atoms with E-state index >= 15 is 0 Å². The minimum atomic E-state index is -0.383. The number of likely N-dealkylation sites (tertiary alicyclic amines) is 1. The van der Waals surface area contributed by atoms with Gasteiger partial charge in [0.15, 0.2) is 0 Å². The van der Waals surface area contributed by atoms with E-state index in [9.17, 15) is 9.18 Å². The average Bonchev–Trinajstić information content (AvgIpc) is 3.31. The first-order valence-electron chi connectivity index (χ1n) is 10.6. The zero-order valence-corrected chi connectivity index (χ0v) is 18.7. The van der Waals surface area contributed by atoms with Gasteiger partial charge in [-0.1, -0.05) is 6.07 Å². The third-order valence-electron chi connectivity index (χ3n) is 6.02. The predicted molar refractivity (Wildman–Crippen MR) is 116 cm³/mol. The van der Waals surface area contributed by atoms with Crippen molar-refractivity contribution in [2.75, 3.05) is 19.6 Å². The molecule has 1 atom stereocenters. The number of carbonyl (C=O) groups is 1. The van der Waals surface area contributed by atoms with Crippen LogP contribution in [0.15, 0.2) is 29.1 Å². The van der Waals surface area contributed by atoms with Gasteiger partial charge in [0.2, 0.25) is 5.91 Å². The molecule has 30 heavy (non-hydrogen) atoms. The Kier molecular flexibility index (Phi) is 5.97. The van der Waals surface area contributed by atoms with Crippen LogP contribution in [0.5, 0.6) is 0 Å². The van der Waals surface area contributed by atoms with E-state index in [4.69, 9.17) is 4.74 Å². The molecule has 0 saturated carbocycles. The highest BCUT2D eigenvalue weighted by molar-refractivity contribution is 7.07. The Bertz CT molecular complexity index is 886. The fourth-order valence-corrected chi connectivity index (χ4v) is 5.09. The number of thiazole rings is 1. The van der Waals surface area contributed by atoms with Gasteiger partial charge in [0.1, 0.15) is 5.82 Å². The Labute approximate surface area is 181 Å². The van der Waals surface area contributed by atoms with Gasteiger partial charge >= 0.3 is 0 Å². The summed E-state index contributed by atoms with van der Waals surface area (Å²) in [5.41, 5.74) is 4.22. The van der Waals surface area contributed by atoms with Gasteiger partial charge in [0, 0.05) is 37.0 Å². The number of hydrogen-bond donors (Lipinski definition) is 1. The number of ether oxygens (including phenoxy) is 1. The van der Waals surface area contributed by atoms with Crippen molar-refractivity contribution in [3.8, 4) is 0 Å². The van der Waals surface area contributed by atoms with Crippen LogP contribution in [-0.2, 0) is 28.2 Å². The molecule has 5 nitrogen and oxygen atoms in total. The van der Waals surface area contributed by atoms with Crippen LogP contribution in [0.1, 0.15) is 50.4 Å². The van der Waals surface area contributed by atoms with Crippen molar-refractivity contribution in [1.29, 1.82) is 0 Å². The maximum Gasteiger partial charge on any atom is 0.225 e. The quantitative estimate of drug-likeness (QED) is 0.781. The van der Waals surface area contributed by atoms with Gasteiger partial charge in [-0.05, 0) is 56.9 Å². The molecule has 3 heterocycles. The minimum Gasteiger partial charge on any atom is -0.365 e. The smallest absolute Gasteiger partial charge is 0.225 e. The second-order valence-corrected chi connectivity index (χ2v) is 10.2. The summed E-state index contributed by atoms with van der Waals surface area (Å²) in [5, 5.41) is 5.15. The second-order valence-electron chi connectivity index (χ2n) is 9.51. The zero-order chi connectivity index (χ0) is 21.4. The summed E-state index contributed by atoms with van der Waals surface area (Å²) in [6, 6.07) is 4.99. The number of nitrogens with one attached hydrogen (secondary N) is 1. The standard InChI is InChI=1S/C23H30FN3O2S/c1-22(2,3)26-21(28)17(10-19-14-30-15-25-19)12-27-8-6-23(7-9-27)20-11-18(24)5-4-16(20)13-29-23/h4-5,11,14-15,17H,6-10,12-13H2,1-3H3,(H,26,28). The molecule has 2 aliphatic rings. The van der Waals surface area contributed by atoms with E-state index in [0.717, 1.165) is 42.8 Å². The van der Waals surface area contributed by atoms with Gasteiger partial charge < -0.3 is 15.0 Å². The van der Waals surface area contributed by atoms with Crippen LogP contribution in [0.3, 0.4) is 0 Å². The summed E-state index contributed by atoms with van der Waals surface area (Å²) in [4.78, 5) is 19.7. The fraction of sp³-hybridized carbons (Fsp3) is 0.565. The van der Waals surface area contributed by atoms with Crippen molar-refractivity contribution in [3.63, 3.8) is 0 Å². The molecule has 2 aromatic rings. The Balaban J connectivity index is 1.43. The first-order valence-corrected chi connectivity index (χ1v) is 11.5. The lowest BCUT2D eigenvalue weighted by molar-refractivity contribution is -0.127. The molecule has 7 heteroatoms. The van der Waals surface area contributed by atoms with Crippen LogP contribution in [0.25, 0.3) is 0 Å². The normalized spacial score (nSPS) is 19.6. The third kappa shape index (κ3) is 4.74. The predicted octanol–water partition coefficient (Wildman–Crippen LogP) is 3.88. The highest BCUT2D eigenvalue weighted by Gasteiger charge is 2.43. The average molecular weight is 432 g/mol. The van der Waals surface area contributed by atoms with E-state index in [0.29, 0.717) is 19.6 Å². The van der Waals surface area contributed by atoms with Crippen LogP contribution >= 0.6 is 11.3 Å². The van der Waals surface area contributed by atoms with Crippen molar-refractivity contribution < 1.29 is 13.9 Å². The summed E-state index contributed by atoms with van der Waals surface area (Å²) in [6.07, 6.45) is 2.26. The molecule has 1 N–H and O–H groups in total. The molecule has 0 bridgehead atoms. The zero-order valence-electron chi connectivity index (χ0n) is 17.9. The minimum absolute atomic E-state index is 0.0697. The molecule has 1 aromatic heterocycles. The van der Waals surface area contributed by atoms with Crippen LogP contribution in [-0.4, -0.2) is 41.0 Å². The summed E-state index contributed by atoms with van der Waals surface area (Å²) < 4.78 is 20.0. The number of aromatic nitrogens is 1. The molecule has 1 amide bonds. The van der Waals surface area contributed by atoms with Crippen LogP contribution < -0.4 is 5.32 Å². The Morgan fingerprint density at radius 3 is 2.80 bits per heavy atom. The van der Waals surface area contributed by atoms with E-state index in [1.54, 1.807) is 17.4 Å². The van der Waals surface area contributed by atoms with Gasteiger partial charge in [-0.15, -0.1) is 11.3 Å². The number of rotatable bonds is 5. The fourth-order valence-electron chi connectivity index (χ4n) is 4.52. The number of benzene rings is 1. The molecule has 0 radical (unpaired) electrons. The lowest BCUT2D eigenvalue weighted by Crippen LogP contribution is -2.49. The number of fused-ring (bicyclic) bond motifs is 2. The molecule has 1 unspecified atom stereocenters. The first kappa shape index (κ1) is 21.4. The van der Waals surface area contributed by atoms with Gasteiger partial charge in [-0.2, -0.15) is 0 Å². The summed E-state index contributed by atoms with van der Waals surface area (Å²) >= 11 is 1.56. The molecular weight excluding hydrogens is 401 g/mol. The highest BCUT2D eigenvalue weighted by atomic mass is 32.1. The van der Waals surface area contributed by atoms with Crippen LogP contribution in [0, 0.1) is 11.7 Å². The number of carbonyl (C=O) groups excluding carboxylic acids is 1. The molecule has 1 saturated heterocycles. The second kappa shape index (κ2) is 8.36. The van der Waals surface area contributed by atoms with Crippen LogP contribution in [0.4, 0.5) is 4.39 Å². The summed E-state index contributed by atoms with van der Waals surface area (Å²) in [6.45, 7) is 8.90. The number of piperidine rings is 1. The molecular formula is C23H30FN3O2S. The number of halogens is 1. The Hall–Kier alpha value is -1.83. The van der Waals surface area contributed by atoms with E-state index in [1.807, 2.05) is 37.7 Å². The maximum absolute atomic E-state index is 13.8. The van der Waals surface area contributed by atoms with E-state index in [2.05, 4.69) is 15.2 Å². The van der Waals surface area contributed by atoms with E-state index in [1.165, 1.54) is 6.07 Å². The monoisotopic (exact) mass is 431 g/mol. The number of hydrogen-bond acceptors (Lipinski definition) is 5. The highest BCUT2D eigenvalue weighted by Crippen LogP contribution is 2.44. The molecule has 0 aliphatic carbocycles. The first-order chi connectivity index (χ1) is 14.2. The van der Waals surface area contributed by atoms with Crippen molar-refractivity contribution in [2.24, 2.45) is 5.92 Å².